The molecule has 0 aliphatic carbocycles. The summed E-state index contributed by atoms with van der Waals surface area (Å²) in [6.45, 7) is 2.14. The van der Waals surface area contributed by atoms with Crippen LogP contribution in [0.2, 0.25) is 0 Å². The van der Waals surface area contributed by atoms with Gasteiger partial charge in [-0.05, 0) is 68.5 Å². The number of amides is 1. The zero-order chi connectivity index (χ0) is 15.4. The van der Waals surface area contributed by atoms with E-state index in [1.54, 1.807) is 0 Å². The lowest BCUT2D eigenvalue weighted by molar-refractivity contribution is -0.120. The number of nitrogens with zero attached hydrogens (tertiary/aromatic N) is 2. The zero-order valence-electron chi connectivity index (χ0n) is 11.3. The van der Waals surface area contributed by atoms with Crippen molar-refractivity contribution in [3.63, 3.8) is 0 Å². The molecule has 1 atom stereocenters. The quantitative estimate of drug-likeness (QED) is 0.375. The Morgan fingerprint density at radius 2 is 2.38 bits per heavy atom. The molecule has 0 fully saturated rings. The summed E-state index contributed by atoms with van der Waals surface area (Å²) < 4.78 is 2.98. The Balaban J connectivity index is 2.24. The van der Waals surface area contributed by atoms with Crippen molar-refractivity contribution in [2.45, 2.75) is 19.8 Å². The van der Waals surface area contributed by atoms with Crippen molar-refractivity contribution in [3.05, 3.63) is 27.9 Å². The van der Waals surface area contributed by atoms with Crippen LogP contribution in [0.25, 0.3) is 10.9 Å². The van der Waals surface area contributed by atoms with Crippen LogP contribution in [0, 0.1) is 6.92 Å². The Bertz CT molecular complexity index is 690. The lowest BCUT2D eigenvalue weighted by atomic mass is 10.0. The van der Waals surface area contributed by atoms with E-state index in [9.17, 15) is 9.59 Å². The average molecular weight is 482 g/mol. The first-order chi connectivity index (χ1) is 10.1. The minimum atomic E-state index is 0.0259. The smallest absolute Gasteiger partial charge is 0.207 e. The van der Waals surface area contributed by atoms with Crippen LogP contribution >= 0.6 is 44.3 Å². The number of hydrogen-bond donors (Lipinski definition) is 1. The standard InChI is InChI=1S/C13H14BrIN3O2P/c1-8-4-12-11(6-17-18(12)21-15)13(14)10(8)3-2-9(20)5-16-7-19/h4,6-7,21H,2-3,5H2,1H3,(H,16,19). The van der Waals surface area contributed by atoms with Gasteiger partial charge < -0.3 is 5.32 Å². The molecule has 112 valence electrons. The molecule has 1 unspecified atom stereocenters. The number of nitrogens with one attached hydrogen (secondary N) is 1. The molecular formula is C13H14BrIN3O2P. The van der Waals surface area contributed by atoms with Gasteiger partial charge in [0.05, 0.1) is 24.6 Å². The number of hydrogen-bond acceptors (Lipinski definition) is 3. The van der Waals surface area contributed by atoms with Crippen molar-refractivity contribution in [1.82, 2.24) is 14.9 Å². The van der Waals surface area contributed by atoms with Gasteiger partial charge in [-0.3, -0.25) is 9.59 Å². The van der Waals surface area contributed by atoms with Gasteiger partial charge in [-0.15, -0.1) is 0 Å². The van der Waals surface area contributed by atoms with Gasteiger partial charge in [0, 0.05) is 16.3 Å². The number of fused-ring (bicyclic) bond motifs is 1. The van der Waals surface area contributed by atoms with E-state index in [4.69, 9.17) is 0 Å². The van der Waals surface area contributed by atoms with Crippen molar-refractivity contribution in [3.8, 4) is 0 Å². The topological polar surface area (TPSA) is 64.0 Å². The van der Waals surface area contributed by atoms with E-state index in [2.05, 4.69) is 54.5 Å². The SMILES string of the molecule is Cc1cc2c(cnn2PI)c(Br)c1CCC(=O)CNC=O. The predicted molar refractivity (Wildman–Crippen MR) is 97.3 cm³/mol. The molecule has 0 spiro atoms. The summed E-state index contributed by atoms with van der Waals surface area (Å²) in [7, 11) is 0. The summed E-state index contributed by atoms with van der Waals surface area (Å²) in [5, 5.41) is 7.84. The fourth-order valence-corrected chi connectivity index (χ4v) is 4.52. The number of aromatic nitrogens is 2. The summed E-state index contributed by atoms with van der Waals surface area (Å²) >= 11 is 5.94. The maximum absolute atomic E-state index is 11.7. The number of aryl methyl sites for hydroxylation is 1. The summed E-state index contributed by atoms with van der Waals surface area (Å²) in [4.78, 5) is 21.8. The first-order valence-corrected chi connectivity index (χ1v) is 11.1. The molecule has 1 N–H and O–H groups in total. The molecule has 0 saturated heterocycles. The number of rotatable bonds is 7. The van der Waals surface area contributed by atoms with Crippen molar-refractivity contribution in [2.75, 3.05) is 6.54 Å². The second kappa shape index (κ2) is 7.65. The van der Waals surface area contributed by atoms with Crippen LogP contribution in [-0.4, -0.2) is 28.3 Å². The van der Waals surface area contributed by atoms with Crippen molar-refractivity contribution >= 4 is 67.4 Å². The van der Waals surface area contributed by atoms with E-state index in [1.807, 2.05) is 17.6 Å². The van der Waals surface area contributed by atoms with Crippen LogP contribution in [0.1, 0.15) is 17.5 Å². The molecule has 0 radical (unpaired) electrons. The lowest BCUT2D eigenvalue weighted by Gasteiger charge is -2.10. The van der Waals surface area contributed by atoms with Crippen LogP contribution < -0.4 is 5.32 Å². The van der Waals surface area contributed by atoms with Gasteiger partial charge in [-0.2, -0.15) is 5.10 Å². The Kier molecular flexibility index (Phi) is 6.13. The summed E-state index contributed by atoms with van der Waals surface area (Å²) in [6.07, 6.45) is 4.01. The van der Waals surface area contributed by atoms with E-state index >= 15 is 0 Å². The van der Waals surface area contributed by atoms with Gasteiger partial charge >= 0.3 is 0 Å². The Labute approximate surface area is 145 Å². The van der Waals surface area contributed by atoms with Gasteiger partial charge in [0.15, 0.2) is 5.78 Å². The third-order valence-electron chi connectivity index (χ3n) is 3.25. The first-order valence-electron chi connectivity index (χ1n) is 6.29. The second-order valence-electron chi connectivity index (χ2n) is 4.60. The second-order valence-corrected chi connectivity index (χ2v) is 7.43. The molecule has 5 nitrogen and oxygen atoms in total. The first kappa shape index (κ1) is 16.8. The molecule has 0 saturated carbocycles. The number of halogens is 2. The largest absolute Gasteiger partial charge is 0.352 e. The maximum atomic E-state index is 11.7. The van der Waals surface area contributed by atoms with Gasteiger partial charge in [0.1, 0.15) is 0 Å². The van der Waals surface area contributed by atoms with Gasteiger partial charge in [-0.25, -0.2) is 4.45 Å². The minimum absolute atomic E-state index is 0.0259. The monoisotopic (exact) mass is 481 g/mol. The van der Waals surface area contributed by atoms with Gasteiger partial charge in [0.2, 0.25) is 6.41 Å². The summed E-state index contributed by atoms with van der Waals surface area (Å²) in [6, 6.07) is 2.11. The number of ketones is 1. The van der Waals surface area contributed by atoms with Gasteiger partial charge in [0.25, 0.3) is 0 Å². The van der Waals surface area contributed by atoms with Crippen LogP contribution in [0.15, 0.2) is 16.7 Å². The number of carbonyl (C=O) groups is 2. The van der Waals surface area contributed by atoms with Crippen LogP contribution in [0.4, 0.5) is 0 Å². The molecular weight excluding hydrogens is 468 g/mol. The fraction of sp³-hybridized carbons (Fsp3) is 0.308. The number of carbonyl (C=O) groups excluding carboxylic acids is 2. The molecule has 2 aromatic rings. The molecule has 1 amide bonds. The number of benzene rings is 1. The maximum Gasteiger partial charge on any atom is 0.207 e. The lowest BCUT2D eigenvalue weighted by Crippen LogP contribution is -2.21. The molecule has 0 bridgehead atoms. The predicted octanol–water partition coefficient (Wildman–Crippen LogP) is 3.15. The average Bonchev–Trinajstić information content (AvgIpc) is 2.87. The Hall–Kier alpha value is -0.530. The molecule has 8 heteroatoms. The molecule has 0 aliphatic heterocycles. The molecule has 2 rings (SSSR count). The highest BCUT2D eigenvalue weighted by Crippen LogP contribution is 2.35. The van der Waals surface area contributed by atoms with E-state index in [0.29, 0.717) is 25.6 Å². The summed E-state index contributed by atoms with van der Waals surface area (Å²) in [5.74, 6) is 0.0259. The van der Waals surface area contributed by atoms with Crippen molar-refractivity contribution < 1.29 is 9.59 Å². The highest BCUT2D eigenvalue weighted by atomic mass is 127. The fourth-order valence-electron chi connectivity index (χ4n) is 2.18. The van der Waals surface area contributed by atoms with Crippen LogP contribution in [0.5, 0.6) is 0 Å². The highest BCUT2D eigenvalue weighted by Gasteiger charge is 2.14. The van der Waals surface area contributed by atoms with Crippen LogP contribution in [0.3, 0.4) is 0 Å². The molecule has 1 aromatic carbocycles. The normalized spacial score (nSPS) is 11.4. The van der Waals surface area contributed by atoms with Crippen LogP contribution in [-0.2, 0) is 16.0 Å². The van der Waals surface area contributed by atoms with E-state index in [1.165, 1.54) is 0 Å². The molecule has 21 heavy (non-hydrogen) atoms. The third kappa shape index (κ3) is 3.81. The number of Topliss-reactive ketones (excluding diaryl/α,β-unsaturated/α-hetero) is 1. The van der Waals surface area contributed by atoms with Gasteiger partial charge in [-0.1, -0.05) is 0 Å². The Morgan fingerprint density at radius 3 is 3.05 bits per heavy atom. The summed E-state index contributed by atoms with van der Waals surface area (Å²) in [5.41, 5.74) is 3.37. The van der Waals surface area contributed by atoms with E-state index in [0.717, 1.165) is 26.5 Å². The van der Waals surface area contributed by atoms with Crippen molar-refractivity contribution in [1.29, 1.82) is 0 Å². The van der Waals surface area contributed by atoms with Crippen molar-refractivity contribution in [2.24, 2.45) is 0 Å². The third-order valence-corrected chi connectivity index (χ3v) is 6.05. The highest BCUT2D eigenvalue weighted by molar-refractivity contribution is 14.2. The molecule has 1 heterocycles. The molecule has 1 aromatic heterocycles. The molecule has 0 aliphatic rings. The zero-order valence-corrected chi connectivity index (χ0v) is 16.1. The Morgan fingerprint density at radius 1 is 1.62 bits per heavy atom. The van der Waals surface area contributed by atoms with E-state index in [-0.39, 0.29) is 12.3 Å². The van der Waals surface area contributed by atoms with E-state index < -0.39 is 0 Å². The minimum Gasteiger partial charge on any atom is -0.352 e.